The molecule has 0 fully saturated rings. The zero-order valence-electron chi connectivity index (χ0n) is 10.7. The maximum Gasteiger partial charge on any atom is 0.165 e. The average molecular weight is 231 g/mol. The van der Waals surface area contributed by atoms with Crippen molar-refractivity contribution < 1.29 is 0 Å². The van der Waals surface area contributed by atoms with E-state index in [4.69, 9.17) is 5.73 Å². The van der Waals surface area contributed by atoms with Crippen molar-refractivity contribution in [3.8, 4) is 11.4 Å². The van der Waals surface area contributed by atoms with E-state index in [2.05, 4.69) is 22.0 Å². The highest BCUT2D eigenvalue weighted by atomic mass is 15.3. The summed E-state index contributed by atoms with van der Waals surface area (Å²) in [5.74, 6) is 1.20. The van der Waals surface area contributed by atoms with Gasteiger partial charge in [-0.1, -0.05) is 6.92 Å². The summed E-state index contributed by atoms with van der Waals surface area (Å²) in [4.78, 5) is 8.82. The van der Waals surface area contributed by atoms with Crippen molar-refractivity contribution in [1.82, 2.24) is 19.7 Å². The molecule has 2 aromatic rings. The highest BCUT2D eigenvalue weighted by molar-refractivity contribution is 5.60. The molecule has 0 atom stereocenters. The molecule has 0 radical (unpaired) electrons. The highest BCUT2D eigenvalue weighted by Crippen LogP contribution is 2.22. The maximum absolute atomic E-state index is 5.88. The average Bonchev–Trinajstić information content (AvgIpc) is 2.66. The zero-order chi connectivity index (χ0) is 12.6. The highest BCUT2D eigenvalue weighted by Gasteiger charge is 2.13. The minimum atomic E-state index is 0.540. The Morgan fingerprint density at radius 3 is 2.59 bits per heavy atom. The number of rotatable bonds is 2. The molecule has 5 heteroatoms. The van der Waals surface area contributed by atoms with Crippen molar-refractivity contribution in [2.75, 3.05) is 5.73 Å². The zero-order valence-corrected chi connectivity index (χ0v) is 10.7. The van der Waals surface area contributed by atoms with Crippen LogP contribution >= 0.6 is 0 Å². The van der Waals surface area contributed by atoms with Gasteiger partial charge in [0.05, 0.1) is 11.3 Å². The molecule has 0 saturated carbocycles. The molecule has 2 heterocycles. The number of aromatic nitrogens is 4. The van der Waals surface area contributed by atoms with E-state index in [1.54, 1.807) is 4.68 Å². The molecule has 0 bridgehead atoms. The molecule has 2 N–H and O–H groups in total. The minimum Gasteiger partial charge on any atom is -0.383 e. The summed E-state index contributed by atoms with van der Waals surface area (Å²) in [6.07, 6.45) is 2.79. The number of aryl methyl sites for hydroxylation is 3. The van der Waals surface area contributed by atoms with Crippen LogP contribution in [0.3, 0.4) is 0 Å². The van der Waals surface area contributed by atoms with E-state index >= 15 is 0 Å². The van der Waals surface area contributed by atoms with Crippen LogP contribution in [-0.4, -0.2) is 19.7 Å². The molecule has 0 amide bonds. The van der Waals surface area contributed by atoms with Crippen molar-refractivity contribution in [3.05, 3.63) is 23.1 Å². The second kappa shape index (κ2) is 4.16. The topological polar surface area (TPSA) is 69.6 Å². The molecule has 5 nitrogen and oxygen atoms in total. The Hall–Kier alpha value is -1.91. The van der Waals surface area contributed by atoms with Crippen molar-refractivity contribution in [2.45, 2.75) is 27.2 Å². The molecule has 0 aliphatic rings. The lowest BCUT2D eigenvalue weighted by atomic mass is 10.2. The summed E-state index contributed by atoms with van der Waals surface area (Å²) in [5.41, 5.74) is 9.69. The van der Waals surface area contributed by atoms with Crippen LogP contribution < -0.4 is 5.73 Å². The van der Waals surface area contributed by atoms with Gasteiger partial charge in [0.2, 0.25) is 0 Å². The Bertz CT molecular complexity index is 533. The molecular formula is C12H17N5. The Balaban J connectivity index is 2.60. The van der Waals surface area contributed by atoms with Gasteiger partial charge < -0.3 is 5.73 Å². The summed E-state index contributed by atoms with van der Waals surface area (Å²) >= 11 is 0. The third-order valence-corrected chi connectivity index (χ3v) is 2.91. The lowest BCUT2D eigenvalue weighted by Crippen LogP contribution is -2.02. The first-order valence-corrected chi connectivity index (χ1v) is 5.66. The van der Waals surface area contributed by atoms with Gasteiger partial charge in [0, 0.05) is 24.5 Å². The fourth-order valence-corrected chi connectivity index (χ4v) is 1.75. The fourth-order valence-electron chi connectivity index (χ4n) is 1.75. The number of nitrogens with zero attached hydrogens (tertiary/aromatic N) is 4. The van der Waals surface area contributed by atoms with Crippen LogP contribution in [0.2, 0.25) is 0 Å². The summed E-state index contributed by atoms with van der Waals surface area (Å²) in [6.45, 7) is 5.94. The second-order valence-electron chi connectivity index (χ2n) is 4.16. The van der Waals surface area contributed by atoms with Crippen LogP contribution in [-0.2, 0) is 13.5 Å². The number of nitrogen functional groups attached to an aromatic ring is 1. The van der Waals surface area contributed by atoms with Crippen molar-refractivity contribution in [3.63, 3.8) is 0 Å². The number of hydrogen-bond donors (Lipinski definition) is 1. The number of nitrogens with two attached hydrogens (primary N) is 1. The fraction of sp³-hybridized carbons (Fsp3) is 0.417. The van der Waals surface area contributed by atoms with Crippen LogP contribution in [0.5, 0.6) is 0 Å². The van der Waals surface area contributed by atoms with E-state index in [9.17, 15) is 0 Å². The van der Waals surface area contributed by atoms with E-state index in [1.165, 1.54) is 0 Å². The molecule has 0 aliphatic carbocycles. The largest absolute Gasteiger partial charge is 0.383 e. The van der Waals surface area contributed by atoms with Crippen LogP contribution in [0, 0.1) is 13.8 Å². The SMILES string of the molecule is CCc1nn(C)cc1-c1nc(C)c(C)c(N)n1. The summed E-state index contributed by atoms with van der Waals surface area (Å²) in [7, 11) is 1.90. The van der Waals surface area contributed by atoms with Crippen LogP contribution in [0.25, 0.3) is 11.4 Å². The van der Waals surface area contributed by atoms with Crippen LogP contribution in [0.4, 0.5) is 5.82 Å². The van der Waals surface area contributed by atoms with Crippen LogP contribution in [0.1, 0.15) is 23.9 Å². The van der Waals surface area contributed by atoms with Gasteiger partial charge in [-0.15, -0.1) is 0 Å². The Labute approximate surface area is 101 Å². The molecule has 0 aromatic carbocycles. The second-order valence-corrected chi connectivity index (χ2v) is 4.16. The molecule has 0 spiro atoms. The molecular weight excluding hydrogens is 214 g/mol. The Kier molecular flexibility index (Phi) is 2.83. The van der Waals surface area contributed by atoms with Gasteiger partial charge in [-0.25, -0.2) is 9.97 Å². The van der Waals surface area contributed by atoms with Gasteiger partial charge in [-0.05, 0) is 20.3 Å². The quantitative estimate of drug-likeness (QED) is 0.853. The maximum atomic E-state index is 5.88. The molecule has 0 aliphatic heterocycles. The minimum absolute atomic E-state index is 0.540. The third kappa shape index (κ3) is 2.00. The predicted octanol–water partition coefficient (Wildman–Crippen LogP) is 1.64. The molecule has 90 valence electrons. The van der Waals surface area contributed by atoms with E-state index in [-0.39, 0.29) is 0 Å². The van der Waals surface area contributed by atoms with E-state index < -0.39 is 0 Å². The number of hydrogen-bond acceptors (Lipinski definition) is 4. The first-order valence-electron chi connectivity index (χ1n) is 5.66. The van der Waals surface area contributed by atoms with E-state index in [0.29, 0.717) is 11.6 Å². The lowest BCUT2D eigenvalue weighted by molar-refractivity contribution is 0.746. The third-order valence-electron chi connectivity index (χ3n) is 2.91. The lowest BCUT2D eigenvalue weighted by Gasteiger charge is -2.06. The van der Waals surface area contributed by atoms with Gasteiger partial charge in [0.25, 0.3) is 0 Å². The molecule has 2 aromatic heterocycles. The van der Waals surface area contributed by atoms with Crippen molar-refractivity contribution in [1.29, 1.82) is 0 Å². The van der Waals surface area contributed by atoms with E-state index in [1.807, 2.05) is 27.1 Å². The smallest absolute Gasteiger partial charge is 0.165 e. The molecule has 17 heavy (non-hydrogen) atoms. The molecule has 2 rings (SSSR count). The molecule has 0 unspecified atom stereocenters. The summed E-state index contributed by atoms with van der Waals surface area (Å²) in [6, 6.07) is 0. The number of anilines is 1. The van der Waals surface area contributed by atoms with Crippen LogP contribution in [0.15, 0.2) is 6.20 Å². The first-order chi connectivity index (χ1) is 8.02. The standard InChI is InChI=1S/C12H17N5/c1-5-10-9(6-17(4)16-10)12-14-8(3)7(2)11(13)15-12/h6H,5H2,1-4H3,(H2,13,14,15). The van der Waals surface area contributed by atoms with Gasteiger partial charge in [0.15, 0.2) is 5.82 Å². The molecule has 0 saturated heterocycles. The predicted molar refractivity (Wildman–Crippen MR) is 67.5 cm³/mol. The normalized spacial score (nSPS) is 10.8. The monoisotopic (exact) mass is 231 g/mol. The van der Waals surface area contributed by atoms with E-state index in [0.717, 1.165) is 28.9 Å². The first kappa shape index (κ1) is 11.6. The van der Waals surface area contributed by atoms with Gasteiger partial charge >= 0.3 is 0 Å². The summed E-state index contributed by atoms with van der Waals surface area (Å²) < 4.78 is 1.78. The Morgan fingerprint density at radius 1 is 1.29 bits per heavy atom. The summed E-state index contributed by atoms with van der Waals surface area (Å²) in [5, 5.41) is 4.38. The Morgan fingerprint density at radius 2 is 2.00 bits per heavy atom. The van der Waals surface area contributed by atoms with Gasteiger partial charge in [-0.3, -0.25) is 4.68 Å². The van der Waals surface area contributed by atoms with Gasteiger partial charge in [0.1, 0.15) is 5.82 Å². The van der Waals surface area contributed by atoms with Gasteiger partial charge in [-0.2, -0.15) is 5.10 Å². The van der Waals surface area contributed by atoms with Crippen molar-refractivity contribution in [2.24, 2.45) is 7.05 Å². The van der Waals surface area contributed by atoms with Crippen molar-refractivity contribution >= 4 is 5.82 Å².